The van der Waals surface area contributed by atoms with Crippen LogP contribution in [0.4, 0.5) is 5.69 Å². The van der Waals surface area contributed by atoms with Gasteiger partial charge in [-0.25, -0.2) is 0 Å². The monoisotopic (exact) mass is 437 g/mol. The van der Waals surface area contributed by atoms with E-state index in [1.165, 1.54) is 11.3 Å². The minimum Gasteiger partial charge on any atom is -0.494 e. The number of H-pyrrole nitrogens is 1. The Balaban J connectivity index is 1.47. The van der Waals surface area contributed by atoms with E-state index in [0.717, 1.165) is 23.7 Å². The first-order chi connectivity index (χ1) is 15.1. The normalized spacial score (nSPS) is 13.6. The molecule has 1 aliphatic rings. The number of carbonyl (C=O) groups is 1. The number of nitrogens with zero attached hydrogens (tertiary/aromatic N) is 4. The second-order valence-corrected chi connectivity index (χ2v) is 7.96. The van der Waals surface area contributed by atoms with Crippen molar-refractivity contribution < 1.29 is 9.53 Å². The first kappa shape index (κ1) is 21.1. The number of carbonyl (C=O) groups excluding carboxylic acids is 1. The minimum absolute atomic E-state index is 0.117. The molecule has 7 nitrogen and oxygen atoms in total. The first-order valence-corrected chi connectivity index (χ1v) is 10.9. The van der Waals surface area contributed by atoms with E-state index in [2.05, 4.69) is 34.3 Å². The van der Waals surface area contributed by atoms with Crippen LogP contribution >= 0.6 is 12.2 Å². The molecule has 4 rings (SSSR count). The van der Waals surface area contributed by atoms with Crippen molar-refractivity contribution in [3.63, 3.8) is 0 Å². The lowest BCUT2D eigenvalue weighted by molar-refractivity contribution is -0.131. The lowest BCUT2D eigenvalue weighted by Crippen LogP contribution is -2.34. The molecule has 0 saturated carbocycles. The molecule has 0 aliphatic carbocycles. The number of aromatic amines is 1. The Hall–Kier alpha value is -3.13. The topological polar surface area (TPSA) is 66.4 Å². The highest BCUT2D eigenvalue weighted by Crippen LogP contribution is 2.25. The van der Waals surface area contributed by atoms with Crippen molar-refractivity contribution in [2.24, 2.45) is 0 Å². The van der Waals surface area contributed by atoms with Crippen LogP contribution in [0, 0.1) is 4.77 Å². The summed E-state index contributed by atoms with van der Waals surface area (Å²) in [6.07, 6.45) is 0.365. The summed E-state index contributed by atoms with van der Waals surface area (Å²) in [7, 11) is 2.07. The third-order valence-corrected chi connectivity index (χ3v) is 5.86. The number of nitrogens with one attached hydrogen (secondary N) is 1. The fourth-order valence-corrected chi connectivity index (χ4v) is 4.11. The van der Waals surface area contributed by atoms with Crippen LogP contribution in [0.2, 0.25) is 0 Å². The fourth-order valence-electron chi connectivity index (χ4n) is 3.88. The van der Waals surface area contributed by atoms with Gasteiger partial charge in [0.1, 0.15) is 5.75 Å². The third-order valence-electron chi connectivity index (χ3n) is 5.55. The largest absolute Gasteiger partial charge is 0.494 e. The van der Waals surface area contributed by atoms with Gasteiger partial charge in [-0.05, 0) is 55.0 Å². The molecule has 0 atom stereocenters. The van der Waals surface area contributed by atoms with E-state index >= 15 is 0 Å². The third kappa shape index (κ3) is 4.64. The Morgan fingerprint density at radius 1 is 1.16 bits per heavy atom. The molecule has 1 aromatic heterocycles. The Kier molecular flexibility index (Phi) is 6.36. The molecule has 0 fully saturated rings. The van der Waals surface area contributed by atoms with Gasteiger partial charge in [0, 0.05) is 50.9 Å². The summed E-state index contributed by atoms with van der Waals surface area (Å²) in [5.74, 6) is 1.65. The van der Waals surface area contributed by atoms with Crippen molar-refractivity contribution in [2.45, 2.75) is 26.4 Å². The van der Waals surface area contributed by atoms with Crippen molar-refractivity contribution in [3.8, 4) is 17.1 Å². The summed E-state index contributed by atoms with van der Waals surface area (Å²) in [5.41, 5.74) is 3.28. The SMILES string of the molecule is CCOc1ccc(-c2n[nH]c(=S)n2CCC(=O)N2CCN(C)c3ccccc3C2)cc1. The highest BCUT2D eigenvalue weighted by Gasteiger charge is 2.21. The smallest absolute Gasteiger partial charge is 0.224 e. The van der Waals surface area contributed by atoms with Gasteiger partial charge in [0.25, 0.3) is 0 Å². The van der Waals surface area contributed by atoms with Gasteiger partial charge in [0.15, 0.2) is 10.6 Å². The van der Waals surface area contributed by atoms with E-state index < -0.39 is 0 Å². The molecule has 1 N–H and O–H groups in total. The highest BCUT2D eigenvalue weighted by molar-refractivity contribution is 7.71. The number of rotatable bonds is 6. The van der Waals surface area contributed by atoms with E-state index in [1.807, 2.05) is 52.8 Å². The van der Waals surface area contributed by atoms with Crippen molar-refractivity contribution in [1.82, 2.24) is 19.7 Å². The van der Waals surface area contributed by atoms with Crippen LogP contribution in [-0.4, -0.2) is 52.3 Å². The number of anilines is 1. The van der Waals surface area contributed by atoms with Gasteiger partial charge >= 0.3 is 0 Å². The van der Waals surface area contributed by atoms with Crippen LogP contribution < -0.4 is 9.64 Å². The number of benzene rings is 2. The van der Waals surface area contributed by atoms with Gasteiger partial charge < -0.3 is 14.5 Å². The van der Waals surface area contributed by atoms with E-state index in [0.29, 0.717) is 37.4 Å². The number of aromatic nitrogens is 3. The molecule has 0 saturated heterocycles. The summed E-state index contributed by atoms with van der Waals surface area (Å²) in [6.45, 7) is 5.19. The predicted octanol–water partition coefficient (Wildman–Crippen LogP) is 3.88. The lowest BCUT2D eigenvalue weighted by Gasteiger charge is -2.21. The van der Waals surface area contributed by atoms with Gasteiger partial charge in [-0.3, -0.25) is 14.5 Å². The molecule has 162 valence electrons. The van der Waals surface area contributed by atoms with Crippen LogP contribution in [0.5, 0.6) is 5.75 Å². The molecular weight excluding hydrogens is 410 g/mol. The summed E-state index contributed by atoms with van der Waals surface area (Å²) < 4.78 is 7.91. The van der Waals surface area contributed by atoms with E-state index in [-0.39, 0.29) is 5.91 Å². The van der Waals surface area contributed by atoms with Crippen LogP contribution in [0.3, 0.4) is 0 Å². The Bertz CT molecular complexity index is 1110. The molecule has 2 aromatic carbocycles. The summed E-state index contributed by atoms with van der Waals surface area (Å²) in [5, 5.41) is 7.24. The van der Waals surface area contributed by atoms with Gasteiger partial charge in [0.2, 0.25) is 5.91 Å². The molecule has 0 radical (unpaired) electrons. The number of para-hydroxylation sites is 1. The van der Waals surface area contributed by atoms with Gasteiger partial charge in [0.05, 0.1) is 6.61 Å². The van der Waals surface area contributed by atoms with Crippen LogP contribution in [-0.2, 0) is 17.9 Å². The minimum atomic E-state index is 0.117. The zero-order valence-corrected chi connectivity index (χ0v) is 18.7. The van der Waals surface area contributed by atoms with E-state index in [9.17, 15) is 4.79 Å². The van der Waals surface area contributed by atoms with E-state index in [4.69, 9.17) is 17.0 Å². The van der Waals surface area contributed by atoms with Gasteiger partial charge in [-0.2, -0.15) is 5.10 Å². The Labute approximate surface area is 187 Å². The zero-order valence-electron chi connectivity index (χ0n) is 17.9. The zero-order chi connectivity index (χ0) is 21.8. The standard InChI is InChI=1S/C23H27N5O2S/c1-3-30-19-10-8-17(9-11-19)22-24-25-23(31)28(22)13-12-21(29)27-15-14-26(2)20-7-5-4-6-18(20)16-27/h4-11H,3,12-16H2,1-2H3,(H,25,31). The summed E-state index contributed by atoms with van der Waals surface area (Å²) in [6, 6.07) is 16.0. The molecule has 1 amide bonds. The number of fused-ring (bicyclic) bond motifs is 1. The maximum atomic E-state index is 13.1. The fraction of sp³-hybridized carbons (Fsp3) is 0.348. The highest BCUT2D eigenvalue weighted by atomic mass is 32.1. The number of likely N-dealkylation sites (N-methyl/N-ethyl adjacent to an activating group) is 1. The average Bonchev–Trinajstić information content (AvgIpc) is 3.06. The summed E-state index contributed by atoms with van der Waals surface area (Å²) >= 11 is 5.43. The molecule has 1 aliphatic heterocycles. The number of hydrogen-bond donors (Lipinski definition) is 1. The lowest BCUT2D eigenvalue weighted by atomic mass is 10.1. The Morgan fingerprint density at radius 2 is 1.94 bits per heavy atom. The molecule has 0 bridgehead atoms. The number of hydrogen-bond acceptors (Lipinski definition) is 5. The number of amides is 1. The van der Waals surface area contributed by atoms with Gasteiger partial charge in [-0.1, -0.05) is 18.2 Å². The Morgan fingerprint density at radius 3 is 2.71 bits per heavy atom. The predicted molar refractivity (Wildman–Crippen MR) is 124 cm³/mol. The van der Waals surface area contributed by atoms with Crippen LogP contribution in [0.1, 0.15) is 18.9 Å². The number of ether oxygens (including phenoxy) is 1. The first-order valence-electron chi connectivity index (χ1n) is 10.5. The molecule has 0 spiro atoms. The van der Waals surface area contributed by atoms with Crippen LogP contribution in [0.25, 0.3) is 11.4 Å². The van der Waals surface area contributed by atoms with Gasteiger partial charge in [-0.15, -0.1) is 0 Å². The summed E-state index contributed by atoms with van der Waals surface area (Å²) in [4.78, 5) is 17.2. The molecule has 31 heavy (non-hydrogen) atoms. The van der Waals surface area contributed by atoms with E-state index in [1.54, 1.807) is 0 Å². The maximum Gasteiger partial charge on any atom is 0.224 e. The van der Waals surface area contributed by atoms with Crippen molar-refractivity contribution >= 4 is 23.8 Å². The molecule has 2 heterocycles. The maximum absolute atomic E-state index is 13.1. The molecular formula is C23H27N5O2S. The van der Waals surface area contributed by atoms with Crippen LogP contribution in [0.15, 0.2) is 48.5 Å². The van der Waals surface area contributed by atoms with Crippen molar-refractivity contribution in [3.05, 3.63) is 58.9 Å². The quantitative estimate of drug-likeness (QED) is 0.593. The second kappa shape index (κ2) is 9.34. The second-order valence-electron chi connectivity index (χ2n) is 7.58. The van der Waals surface area contributed by atoms with Crippen molar-refractivity contribution in [2.75, 3.05) is 31.6 Å². The molecule has 8 heteroatoms. The molecule has 0 unspecified atom stereocenters. The van der Waals surface area contributed by atoms with Crippen molar-refractivity contribution in [1.29, 1.82) is 0 Å². The molecule has 3 aromatic rings. The average molecular weight is 438 g/mol.